The van der Waals surface area contributed by atoms with E-state index in [0.717, 1.165) is 38.2 Å². The number of nitrogens with one attached hydrogen (secondary N) is 1. The first-order valence-corrected chi connectivity index (χ1v) is 5.56. The molecule has 15 heavy (non-hydrogen) atoms. The molecule has 1 aliphatic rings. The summed E-state index contributed by atoms with van der Waals surface area (Å²) in [6.45, 7) is 4.86. The number of hydrogen-bond acceptors (Lipinski definition) is 2. The van der Waals surface area contributed by atoms with Crippen molar-refractivity contribution in [3.63, 3.8) is 0 Å². The van der Waals surface area contributed by atoms with Crippen LogP contribution in [0.1, 0.15) is 24.1 Å². The maximum absolute atomic E-state index is 12.4. The van der Waals surface area contributed by atoms with Crippen LogP contribution in [-0.2, 0) is 6.54 Å². The molecule has 0 bridgehead atoms. The lowest BCUT2D eigenvalue weighted by atomic mass is 9.98. The smallest absolute Gasteiger partial charge is 0.0923 e. The minimum absolute atomic E-state index is 0.154. The average molecular weight is 211 g/mol. The summed E-state index contributed by atoms with van der Waals surface area (Å²) in [6, 6.07) is 0. The molecule has 84 valence electrons. The molecule has 1 aromatic heterocycles. The number of likely N-dealkylation sites (tertiary alicyclic amines) is 1. The Bertz CT molecular complexity index is 303. The van der Waals surface area contributed by atoms with E-state index in [9.17, 15) is 4.39 Å². The van der Waals surface area contributed by atoms with Crippen LogP contribution in [-0.4, -0.2) is 34.9 Å². The zero-order valence-corrected chi connectivity index (χ0v) is 9.17. The summed E-state index contributed by atoms with van der Waals surface area (Å²) in [5.74, 6) is 0.298. The summed E-state index contributed by atoms with van der Waals surface area (Å²) in [5, 5.41) is 6.95. The van der Waals surface area contributed by atoms with E-state index in [0.29, 0.717) is 5.92 Å². The van der Waals surface area contributed by atoms with Crippen LogP contribution >= 0.6 is 0 Å². The largest absolute Gasteiger partial charge is 0.299 e. The third-order valence-corrected chi connectivity index (χ3v) is 3.25. The topological polar surface area (TPSA) is 31.9 Å². The monoisotopic (exact) mass is 211 g/mol. The Morgan fingerprint density at radius 3 is 2.80 bits per heavy atom. The number of nitrogens with zero attached hydrogens (tertiary/aromatic N) is 2. The summed E-state index contributed by atoms with van der Waals surface area (Å²) in [5.41, 5.74) is 2.40. The molecule has 1 aromatic rings. The molecular formula is C11H18FN3. The van der Waals surface area contributed by atoms with Crippen LogP contribution in [0.4, 0.5) is 4.39 Å². The molecular weight excluding hydrogens is 193 g/mol. The van der Waals surface area contributed by atoms with Crippen LogP contribution in [0.2, 0.25) is 0 Å². The Morgan fingerprint density at radius 2 is 2.27 bits per heavy atom. The molecule has 0 radical (unpaired) electrons. The molecule has 2 rings (SSSR count). The number of halogens is 1. The zero-order chi connectivity index (χ0) is 10.7. The van der Waals surface area contributed by atoms with Gasteiger partial charge in [0.15, 0.2) is 0 Å². The molecule has 1 N–H and O–H groups in total. The zero-order valence-electron chi connectivity index (χ0n) is 9.17. The van der Waals surface area contributed by atoms with Crippen molar-refractivity contribution in [3.8, 4) is 0 Å². The molecule has 0 saturated carbocycles. The van der Waals surface area contributed by atoms with E-state index in [-0.39, 0.29) is 6.67 Å². The summed E-state index contributed by atoms with van der Waals surface area (Å²) < 4.78 is 12.4. The fraction of sp³-hybridized carbons (Fsp3) is 0.727. The van der Waals surface area contributed by atoms with Crippen LogP contribution in [0.3, 0.4) is 0 Å². The first kappa shape index (κ1) is 10.6. The van der Waals surface area contributed by atoms with Gasteiger partial charge in [0.2, 0.25) is 0 Å². The van der Waals surface area contributed by atoms with Crippen molar-refractivity contribution in [2.24, 2.45) is 5.92 Å². The molecule has 0 spiro atoms. The Labute approximate surface area is 89.7 Å². The number of piperidine rings is 1. The van der Waals surface area contributed by atoms with Gasteiger partial charge in [0.1, 0.15) is 0 Å². The van der Waals surface area contributed by atoms with E-state index >= 15 is 0 Å². The SMILES string of the molecule is Cc1[nH]ncc1CN1CCC(CF)CC1. The second-order valence-corrected chi connectivity index (χ2v) is 4.39. The van der Waals surface area contributed by atoms with Crippen LogP contribution in [0, 0.1) is 12.8 Å². The maximum atomic E-state index is 12.4. The van der Waals surface area contributed by atoms with E-state index in [1.54, 1.807) is 0 Å². The fourth-order valence-electron chi connectivity index (χ4n) is 2.07. The average Bonchev–Trinajstić information content (AvgIpc) is 2.66. The Morgan fingerprint density at radius 1 is 1.53 bits per heavy atom. The molecule has 2 heterocycles. The highest BCUT2D eigenvalue weighted by Gasteiger charge is 2.19. The number of hydrogen-bond donors (Lipinski definition) is 1. The van der Waals surface area contributed by atoms with Crippen molar-refractivity contribution < 1.29 is 4.39 Å². The van der Waals surface area contributed by atoms with Crippen LogP contribution < -0.4 is 0 Å². The van der Waals surface area contributed by atoms with Gasteiger partial charge in [0.25, 0.3) is 0 Å². The maximum Gasteiger partial charge on any atom is 0.0923 e. The van der Waals surface area contributed by atoms with E-state index in [1.165, 1.54) is 5.56 Å². The van der Waals surface area contributed by atoms with Gasteiger partial charge in [-0.25, -0.2) is 0 Å². The Balaban J connectivity index is 1.85. The van der Waals surface area contributed by atoms with E-state index in [1.807, 2.05) is 13.1 Å². The van der Waals surface area contributed by atoms with Crippen molar-refractivity contribution >= 4 is 0 Å². The number of alkyl halides is 1. The van der Waals surface area contributed by atoms with Gasteiger partial charge in [-0.1, -0.05) is 0 Å². The highest BCUT2D eigenvalue weighted by molar-refractivity contribution is 5.14. The molecule has 0 aliphatic carbocycles. The summed E-state index contributed by atoms with van der Waals surface area (Å²) in [7, 11) is 0. The highest BCUT2D eigenvalue weighted by atomic mass is 19.1. The molecule has 3 nitrogen and oxygen atoms in total. The van der Waals surface area contributed by atoms with Gasteiger partial charge in [0.05, 0.1) is 12.9 Å². The molecule has 0 unspecified atom stereocenters. The highest BCUT2D eigenvalue weighted by Crippen LogP contribution is 2.19. The summed E-state index contributed by atoms with van der Waals surface area (Å²) in [4.78, 5) is 2.38. The summed E-state index contributed by atoms with van der Waals surface area (Å²) in [6.07, 6.45) is 3.87. The predicted molar refractivity (Wildman–Crippen MR) is 57.3 cm³/mol. The van der Waals surface area contributed by atoms with Gasteiger partial charge >= 0.3 is 0 Å². The molecule has 1 fully saturated rings. The standard InChI is InChI=1S/C11H18FN3/c1-9-11(7-13-14-9)8-15-4-2-10(6-12)3-5-15/h7,10H,2-6,8H2,1H3,(H,13,14). The molecule has 4 heteroatoms. The molecule has 1 saturated heterocycles. The minimum atomic E-state index is -0.154. The normalized spacial score (nSPS) is 19.6. The Kier molecular flexibility index (Phi) is 3.36. The number of rotatable bonds is 3. The van der Waals surface area contributed by atoms with E-state index in [2.05, 4.69) is 15.1 Å². The van der Waals surface area contributed by atoms with Gasteiger partial charge in [-0.3, -0.25) is 14.4 Å². The van der Waals surface area contributed by atoms with E-state index < -0.39 is 0 Å². The molecule has 0 atom stereocenters. The minimum Gasteiger partial charge on any atom is -0.299 e. The number of H-pyrrole nitrogens is 1. The van der Waals surface area contributed by atoms with Crippen molar-refractivity contribution in [1.29, 1.82) is 0 Å². The second-order valence-electron chi connectivity index (χ2n) is 4.39. The van der Waals surface area contributed by atoms with E-state index in [4.69, 9.17) is 0 Å². The number of aryl methyl sites for hydroxylation is 1. The van der Waals surface area contributed by atoms with Gasteiger partial charge < -0.3 is 0 Å². The third kappa shape index (κ3) is 2.56. The lowest BCUT2D eigenvalue weighted by molar-refractivity contribution is 0.159. The quantitative estimate of drug-likeness (QED) is 0.828. The second kappa shape index (κ2) is 4.75. The Hall–Kier alpha value is -0.900. The molecule has 1 aliphatic heterocycles. The van der Waals surface area contributed by atoms with Crippen LogP contribution in [0.25, 0.3) is 0 Å². The lowest BCUT2D eigenvalue weighted by Crippen LogP contribution is -2.33. The van der Waals surface area contributed by atoms with Gasteiger partial charge in [-0.15, -0.1) is 0 Å². The summed E-state index contributed by atoms with van der Waals surface area (Å²) >= 11 is 0. The van der Waals surface area contributed by atoms with Crippen molar-refractivity contribution in [1.82, 2.24) is 15.1 Å². The first-order valence-electron chi connectivity index (χ1n) is 5.56. The first-order chi connectivity index (χ1) is 7.29. The lowest BCUT2D eigenvalue weighted by Gasteiger charge is -2.30. The van der Waals surface area contributed by atoms with Crippen LogP contribution in [0.15, 0.2) is 6.20 Å². The fourth-order valence-corrected chi connectivity index (χ4v) is 2.07. The van der Waals surface area contributed by atoms with Crippen molar-refractivity contribution in [3.05, 3.63) is 17.5 Å². The van der Waals surface area contributed by atoms with Crippen LogP contribution in [0.5, 0.6) is 0 Å². The van der Waals surface area contributed by atoms with Gasteiger partial charge in [0, 0.05) is 17.8 Å². The number of aromatic amines is 1. The van der Waals surface area contributed by atoms with Crippen molar-refractivity contribution in [2.45, 2.75) is 26.3 Å². The third-order valence-electron chi connectivity index (χ3n) is 3.25. The van der Waals surface area contributed by atoms with Gasteiger partial charge in [-0.2, -0.15) is 5.10 Å². The molecule has 0 aromatic carbocycles. The number of aromatic nitrogens is 2. The molecule has 0 amide bonds. The van der Waals surface area contributed by atoms with Crippen molar-refractivity contribution in [2.75, 3.05) is 19.8 Å². The predicted octanol–water partition coefficient (Wildman–Crippen LogP) is 1.90. The van der Waals surface area contributed by atoms with Gasteiger partial charge in [-0.05, 0) is 38.8 Å².